The van der Waals surface area contributed by atoms with E-state index in [1.54, 1.807) is 17.5 Å². The Morgan fingerprint density at radius 3 is 2.61 bits per heavy atom. The molecule has 0 atom stereocenters. The second kappa shape index (κ2) is 8.33. The predicted octanol–water partition coefficient (Wildman–Crippen LogP) is 5.47. The lowest BCUT2D eigenvalue weighted by molar-refractivity contribution is -0.137. The Morgan fingerprint density at radius 1 is 1.06 bits per heavy atom. The minimum atomic E-state index is -4.52. The molecule has 0 spiro atoms. The standard InChI is InChI=1S/C23H20F3N3O3S/c24-23(25,26)14-2-1-3-16(10-14)28-13-21(30)29(22(28)31)15-4-6-17(7-5-15)32-18-11-20-19(27-12-18)8-9-33-20/h1-3,8-12,15,17H,4-7,13H2. The molecule has 1 aliphatic carbocycles. The van der Waals surface area contributed by atoms with Crippen molar-refractivity contribution in [2.24, 2.45) is 0 Å². The van der Waals surface area contributed by atoms with E-state index in [1.165, 1.54) is 17.0 Å². The van der Waals surface area contributed by atoms with E-state index in [4.69, 9.17) is 4.74 Å². The highest BCUT2D eigenvalue weighted by Gasteiger charge is 2.43. The fourth-order valence-electron chi connectivity index (χ4n) is 4.43. The Balaban J connectivity index is 1.23. The molecule has 3 heterocycles. The molecule has 0 radical (unpaired) electrons. The molecule has 3 aromatic rings. The molecule has 0 N–H and O–H groups in total. The quantitative estimate of drug-likeness (QED) is 0.469. The minimum Gasteiger partial charge on any atom is -0.489 e. The van der Waals surface area contributed by atoms with Crippen molar-refractivity contribution in [3.63, 3.8) is 0 Å². The summed E-state index contributed by atoms with van der Waals surface area (Å²) in [6, 6.07) is 7.53. The maximum absolute atomic E-state index is 13.1. The summed E-state index contributed by atoms with van der Waals surface area (Å²) in [5.41, 5.74) is 0.137. The third kappa shape index (κ3) is 4.27. The topological polar surface area (TPSA) is 62.7 Å². The number of carbonyl (C=O) groups excluding carboxylic acids is 2. The number of urea groups is 1. The number of halogens is 3. The number of hydrogen-bond donors (Lipinski definition) is 0. The van der Waals surface area contributed by atoms with Crippen LogP contribution < -0.4 is 9.64 Å². The molecule has 172 valence electrons. The van der Waals surface area contributed by atoms with Crippen LogP contribution in [0, 0.1) is 0 Å². The zero-order valence-corrected chi connectivity index (χ0v) is 18.2. The van der Waals surface area contributed by atoms with Gasteiger partial charge < -0.3 is 4.74 Å². The number of anilines is 1. The number of hydrogen-bond acceptors (Lipinski definition) is 5. The smallest absolute Gasteiger partial charge is 0.416 e. The fraction of sp³-hybridized carbons (Fsp3) is 0.348. The van der Waals surface area contributed by atoms with Crippen molar-refractivity contribution in [1.82, 2.24) is 9.88 Å². The van der Waals surface area contributed by atoms with E-state index < -0.39 is 23.7 Å². The summed E-state index contributed by atoms with van der Waals surface area (Å²) in [4.78, 5) is 32.3. The average molecular weight is 475 g/mol. The van der Waals surface area contributed by atoms with Gasteiger partial charge in [0.05, 0.1) is 28.1 Å². The first kappa shape index (κ1) is 21.7. The number of pyridine rings is 1. The second-order valence-electron chi connectivity index (χ2n) is 8.20. The van der Waals surface area contributed by atoms with Crippen LogP contribution in [-0.4, -0.2) is 40.5 Å². The Bertz CT molecular complexity index is 1200. The van der Waals surface area contributed by atoms with Crippen molar-refractivity contribution in [2.45, 2.75) is 44.0 Å². The number of aromatic nitrogens is 1. The van der Waals surface area contributed by atoms with Crippen LogP contribution in [0.2, 0.25) is 0 Å². The molecule has 2 fully saturated rings. The maximum atomic E-state index is 13.1. The van der Waals surface area contributed by atoms with Gasteiger partial charge in [-0.05, 0) is 55.3 Å². The maximum Gasteiger partial charge on any atom is 0.416 e. The summed E-state index contributed by atoms with van der Waals surface area (Å²) in [6.45, 7) is -0.261. The number of fused-ring (bicyclic) bond motifs is 1. The molecule has 10 heteroatoms. The molecule has 33 heavy (non-hydrogen) atoms. The van der Waals surface area contributed by atoms with Gasteiger partial charge in [0.25, 0.3) is 5.91 Å². The van der Waals surface area contributed by atoms with E-state index in [9.17, 15) is 22.8 Å². The number of thiophene rings is 1. The minimum absolute atomic E-state index is 0.0483. The summed E-state index contributed by atoms with van der Waals surface area (Å²) in [5, 5.41) is 1.97. The molecule has 2 aliphatic rings. The van der Waals surface area contributed by atoms with Crippen molar-refractivity contribution in [2.75, 3.05) is 11.4 Å². The molecule has 1 aliphatic heterocycles. The lowest BCUT2D eigenvalue weighted by Crippen LogP contribution is -2.44. The number of imide groups is 1. The van der Waals surface area contributed by atoms with Gasteiger partial charge in [0.1, 0.15) is 12.3 Å². The number of nitrogens with zero attached hydrogens (tertiary/aromatic N) is 3. The van der Waals surface area contributed by atoms with E-state index >= 15 is 0 Å². The van der Waals surface area contributed by atoms with Gasteiger partial charge in [-0.3, -0.25) is 19.6 Å². The highest BCUT2D eigenvalue weighted by atomic mass is 32.1. The van der Waals surface area contributed by atoms with E-state index in [2.05, 4.69) is 4.98 Å². The van der Waals surface area contributed by atoms with Crippen LogP contribution >= 0.6 is 11.3 Å². The lowest BCUT2D eigenvalue weighted by atomic mass is 9.92. The zero-order chi connectivity index (χ0) is 23.2. The molecule has 1 saturated heterocycles. The molecule has 5 rings (SSSR count). The van der Waals surface area contributed by atoms with Crippen LogP contribution in [-0.2, 0) is 11.0 Å². The number of carbonyl (C=O) groups is 2. The Hall–Kier alpha value is -3.14. The molecule has 6 nitrogen and oxygen atoms in total. The monoisotopic (exact) mass is 475 g/mol. The summed E-state index contributed by atoms with van der Waals surface area (Å²) in [6.07, 6.45) is -0.401. The SMILES string of the molecule is O=C1CN(c2cccc(C(F)(F)F)c2)C(=O)N1C1CCC(Oc2cnc3ccsc3c2)CC1. The van der Waals surface area contributed by atoms with Crippen LogP contribution in [0.25, 0.3) is 10.2 Å². The van der Waals surface area contributed by atoms with Gasteiger partial charge in [-0.1, -0.05) is 6.07 Å². The van der Waals surface area contributed by atoms with Gasteiger partial charge in [-0.15, -0.1) is 11.3 Å². The fourth-order valence-corrected chi connectivity index (χ4v) is 5.20. The van der Waals surface area contributed by atoms with Crippen LogP contribution in [0.4, 0.5) is 23.7 Å². The van der Waals surface area contributed by atoms with E-state index in [1.807, 2.05) is 17.5 Å². The molecule has 0 bridgehead atoms. The zero-order valence-electron chi connectivity index (χ0n) is 17.4. The first-order valence-electron chi connectivity index (χ1n) is 10.6. The van der Waals surface area contributed by atoms with Crippen molar-refractivity contribution in [3.8, 4) is 5.75 Å². The van der Waals surface area contributed by atoms with Crippen molar-refractivity contribution >= 4 is 39.2 Å². The first-order valence-corrected chi connectivity index (χ1v) is 11.5. The highest BCUT2D eigenvalue weighted by molar-refractivity contribution is 7.17. The highest BCUT2D eigenvalue weighted by Crippen LogP contribution is 2.35. The van der Waals surface area contributed by atoms with Gasteiger partial charge >= 0.3 is 12.2 Å². The van der Waals surface area contributed by atoms with Gasteiger partial charge in [0.2, 0.25) is 0 Å². The van der Waals surface area contributed by atoms with Crippen LogP contribution in [0.5, 0.6) is 5.75 Å². The molecule has 2 aromatic heterocycles. The van der Waals surface area contributed by atoms with Gasteiger partial charge in [-0.25, -0.2) is 4.79 Å². The van der Waals surface area contributed by atoms with E-state index in [-0.39, 0.29) is 24.4 Å². The number of amides is 3. The normalized spacial score (nSPS) is 21.8. The summed E-state index contributed by atoms with van der Waals surface area (Å²) >= 11 is 1.59. The first-order chi connectivity index (χ1) is 15.8. The van der Waals surface area contributed by atoms with Crippen molar-refractivity contribution < 1.29 is 27.5 Å². The molecule has 3 amide bonds. The number of ether oxygens (including phenoxy) is 1. The average Bonchev–Trinajstić information content (AvgIpc) is 3.37. The third-order valence-corrected chi connectivity index (χ3v) is 6.93. The van der Waals surface area contributed by atoms with E-state index in [0.29, 0.717) is 31.4 Å². The largest absolute Gasteiger partial charge is 0.489 e. The van der Waals surface area contributed by atoms with Crippen LogP contribution in [0.15, 0.2) is 48.0 Å². The van der Waals surface area contributed by atoms with Crippen molar-refractivity contribution in [1.29, 1.82) is 0 Å². The lowest BCUT2D eigenvalue weighted by Gasteiger charge is -2.33. The summed E-state index contributed by atoms with van der Waals surface area (Å²) in [5.74, 6) is 0.298. The van der Waals surface area contributed by atoms with Crippen LogP contribution in [0.1, 0.15) is 31.2 Å². The molecule has 1 saturated carbocycles. The molecular formula is C23H20F3N3O3S. The van der Waals surface area contributed by atoms with E-state index in [0.717, 1.165) is 27.2 Å². The van der Waals surface area contributed by atoms with Gasteiger partial charge in [-0.2, -0.15) is 13.2 Å². The number of alkyl halides is 3. The molecular weight excluding hydrogens is 455 g/mol. The summed E-state index contributed by atoms with van der Waals surface area (Å²) in [7, 11) is 0. The Kier molecular flexibility index (Phi) is 5.48. The summed E-state index contributed by atoms with van der Waals surface area (Å²) < 4.78 is 46.3. The predicted molar refractivity (Wildman–Crippen MR) is 117 cm³/mol. The van der Waals surface area contributed by atoms with Gasteiger partial charge in [0.15, 0.2) is 0 Å². The van der Waals surface area contributed by atoms with Crippen LogP contribution in [0.3, 0.4) is 0 Å². The number of benzene rings is 1. The van der Waals surface area contributed by atoms with Gasteiger partial charge in [0, 0.05) is 17.8 Å². The Labute approximate surface area is 191 Å². The molecule has 0 unspecified atom stereocenters. The molecule has 1 aromatic carbocycles. The van der Waals surface area contributed by atoms with Crippen molar-refractivity contribution in [3.05, 3.63) is 53.5 Å². The second-order valence-corrected chi connectivity index (χ2v) is 9.15. The third-order valence-electron chi connectivity index (χ3n) is 6.07. The number of rotatable bonds is 4. The Morgan fingerprint density at radius 2 is 1.85 bits per heavy atom.